The van der Waals surface area contributed by atoms with Crippen molar-refractivity contribution in [3.63, 3.8) is 0 Å². The number of rotatable bonds is 5. The van der Waals surface area contributed by atoms with E-state index in [1.54, 1.807) is 23.4 Å². The number of aliphatic carboxylic acids is 1. The van der Waals surface area contributed by atoms with Crippen LogP contribution in [0.25, 0.3) is 0 Å². The van der Waals surface area contributed by atoms with Crippen LogP contribution in [-0.4, -0.2) is 27.6 Å². The van der Waals surface area contributed by atoms with Crippen LogP contribution >= 0.6 is 0 Å². The van der Waals surface area contributed by atoms with Crippen molar-refractivity contribution in [1.82, 2.24) is 9.97 Å². The number of aromatic nitrogens is 2. The van der Waals surface area contributed by atoms with E-state index in [0.29, 0.717) is 12.5 Å². The number of para-hydroxylation sites is 1. The van der Waals surface area contributed by atoms with E-state index in [0.717, 1.165) is 5.69 Å². The third-order valence-corrected chi connectivity index (χ3v) is 2.41. The van der Waals surface area contributed by atoms with E-state index in [1.807, 2.05) is 30.3 Å². The first-order valence-electron chi connectivity index (χ1n) is 5.59. The molecule has 18 heavy (non-hydrogen) atoms. The van der Waals surface area contributed by atoms with Gasteiger partial charge in [0.15, 0.2) is 0 Å². The van der Waals surface area contributed by atoms with Crippen LogP contribution in [0.3, 0.4) is 0 Å². The van der Waals surface area contributed by atoms with Crippen molar-refractivity contribution in [2.45, 2.75) is 6.42 Å². The van der Waals surface area contributed by atoms with Crippen LogP contribution in [-0.2, 0) is 4.79 Å². The summed E-state index contributed by atoms with van der Waals surface area (Å²) in [6.07, 6.45) is 3.31. The highest BCUT2D eigenvalue weighted by Crippen LogP contribution is 2.20. The van der Waals surface area contributed by atoms with Gasteiger partial charge in [0.25, 0.3) is 0 Å². The maximum Gasteiger partial charge on any atom is 0.305 e. The zero-order valence-corrected chi connectivity index (χ0v) is 9.73. The zero-order valence-electron chi connectivity index (χ0n) is 9.73. The molecule has 0 aliphatic carbocycles. The first-order valence-corrected chi connectivity index (χ1v) is 5.59. The normalized spacial score (nSPS) is 10.0. The molecule has 1 aromatic carbocycles. The molecule has 0 radical (unpaired) electrons. The molecule has 0 aliphatic rings. The van der Waals surface area contributed by atoms with Crippen molar-refractivity contribution in [2.75, 3.05) is 11.4 Å². The molecule has 0 fully saturated rings. The highest BCUT2D eigenvalue weighted by Gasteiger charge is 2.12. The Balaban J connectivity index is 2.26. The van der Waals surface area contributed by atoms with Crippen molar-refractivity contribution in [2.24, 2.45) is 0 Å². The fraction of sp³-hybridized carbons (Fsp3) is 0.154. The average Bonchev–Trinajstić information content (AvgIpc) is 2.41. The number of carbonyl (C=O) groups is 1. The molecule has 0 aliphatic heterocycles. The first-order chi connectivity index (χ1) is 8.77. The Labute approximate surface area is 105 Å². The van der Waals surface area contributed by atoms with Gasteiger partial charge in [0.2, 0.25) is 5.95 Å². The lowest BCUT2D eigenvalue weighted by molar-refractivity contribution is -0.136. The van der Waals surface area contributed by atoms with Crippen LogP contribution in [0.5, 0.6) is 0 Å². The summed E-state index contributed by atoms with van der Waals surface area (Å²) in [6, 6.07) is 11.2. The maximum atomic E-state index is 10.7. The number of carboxylic acids is 1. The molecular formula is C13H13N3O2. The minimum Gasteiger partial charge on any atom is -0.481 e. The van der Waals surface area contributed by atoms with Crippen LogP contribution in [0.4, 0.5) is 11.6 Å². The highest BCUT2D eigenvalue weighted by molar-refractivity contribution is 5.68. The SMILES string of the molecule is O=C(O)CCN(c1ccccc1)c1ncccn1. The number of hydrogen-bond acceptors (Lipinski definition) is 4. The Hall–Kier alpha value is -2.43. The number of anilines is 2. The van der Waals surface area contributed by atoms with E-state index in [4.69, 9.17) is 5.11 Å². The molecule has 5 nitrogen and oxygen atoms in total. The molecule has 0 spiro atoms. The summed E-state index contributed by atoms with van der Waals surface area (Å²) in [6.45, 7) is 0.337. The van der Waals surface area contributed by atoms with Gasteiger partial charge in [-0.05, 0) is 18.2 Å². The summed E-state index contributed by atoms with van der Waals surface area (Å²) >= 11 is 0. The summed E-state index contributed by atoms with van der Waals surface area (Å²) in [5, 5.41) is 8.79. The number of carboxylic acid groups (broad SMARTS) is 1. The molecule has 0 atom stereocenters. The van der Waals surface area contributed by atoms with Gasteiger partial charge in [0.1, 0.15) is 0 Å². The van der Waals surface area contributed by atoms with E-state index in [-0.39, 0.29) is 6.42 Å². The molecule has 0 saturated carbocycles. The standard InChI is InChI=1S/C13H13N3O2/c17-12(18)7-10-16(11-5-2-1-3-6-11)13-14-8-4-9-15-13/h1-6,8-9H,7,10H2,(H,17,18). The van der Waals surface area contributed by atoms with Gasteiger partial charge in [-0.3, -0.25) is 4.79 Å². The van der Waals surface area contributed by atoms with Gasteiger partial charge in [0, 0.05) is 24.6 Å². The van der Waals surface area contributed by atoms with E-state index in [2.05, 4.69) is 9.97 Å². The Kier molecular flexibility index (Phi) is 3.86. The maximum absolute atomic E-state index is 10.7. The lowest BCUT2D eigenvalue weighted by atomic mass is 10.3. The largest absolute Gasteiger partial charge is 0.481 e. The third kappa shape index (κ3) is 3.04. The summed E-state index contributed by atoms with van der Waals surface area (Å²) < 4.78 is 0. The number of nitrogens with zero attached hydrogens (tertiary/aromatic N) is 3. The second-order valence-electron chi connectivity index (χ2n) is 3.68. The van der Waals surface area contributed by atoms with Crippen LogP contribution in [0, 0.1) is 0 Å². The molecule has 1 N–H and O–H groups in total. The number of benzene rings is 1. The summed E-state index contributed by atoms with van der Waals surface area (Å²) in [4.78, 5) is 20.8. The summed E-state index contributed by atoms with van der Waals surface area (Å²) in [7, 11) is 0. The molecule has 0 saturated heterocycles. The third-order valence-electron chi connectivity index (χ3n) is 2.41. The van der Waals surface area contributed by atoms with Crippen LogP contribution < -0.4 is 4.90 Å². The molecule has 92 valence electrons. The van der Waals surface area contributed by atoms with Gasteiger partial charge < -0.3 is 10.0 Å². The van der Waals surface area contributed by atoms with Crippen molar-refractivity contribution in [3.8, 4) is 0 Å². The predicted molar refractivity (Wildman–Crippen MR) is 67.7 cm³/mol. The van der Waals surface area contributed by atoms with Crippen LogP contribution in [0.2, 0.25) is 0 Å². The van der Waals surface area contributed by atoms with Gasteiger partial charge in [-0.1, -0.05) is 18.2 Å². The molecule has 0 unspecified atom stereocenters. The number of hydrogen-bond donors (Lipinski definition) is 1. The van der Waals surface area contributed by atoms with E-state index in [9.17, 15) is 4.79 Å². The topological polar surface area (TPSA) is 66.3 Å². The van der Waals surface area contributed by atoms with Crippen molar-refractivity contribution in [3.05, 3.63) is 48.8 Å². The van der Waals surface area contributed by atoms with Gasteiger partial charge in [0.05, 0.1) is 6.42 Å². The smallest absolute Gasteiger partial charge is 0.305 e. The minimum atomic E-state index is -0.841. The molecule has 1 heterocycles. The van der Waals surface area contributed by atoms with Gasteiger partial charge in [-0.2, -0.15) is 0 Å². The van der Waals surface area contributed by atoms with E-state index in [1.165, 1.54) is 0 Å². The molecule has 5 heteroatoms. The fourth-order valence-corrected chi connectivity index (χ4v) is 1.59. The molecule has 0 bridgehead atoms. The molecule has 1 aromatic heterocycles. The van der Waals surface area contributed by atoms with E-state index < -0.39 is 5.97 Å². The zero-order chi connectivity index (χ0) is 12.8. The van der Waals surface area contributed by atoms with Crippen molar-refractivity contribution in [1.29, 1.82) is 0 Å². The quantitative estimate of drug-likeness (QED) is 0.871. The lowest BCUT2D eigenvalue weighted by Crippen LogP contribution is -2.22. The van der Waals surface area contributed by atoms with Gasteiger partial charge in [-0.25, -0.2) is 9.97 Å². The first kappa shape index (κ1) is 12.0. The highest BCUT2D eigenvalue weighted by atomic mass is 16.4. The molecule has 2 rings (SSSR count). The molecule has 2 aromatic rings. The van der Waals surface area contributed by atoms with Gasteiger partial charge >= 0.3 is 5.97 Å². The predicted octanol–water partition coefficient (Wildman–Crippen LogP) is 2.09. The van der Waals surface area contributed by atoms with Crippen molar-refractivity contribution >= 4 is 17.6 Å². The van der Waals surface area contributed by atoms with Crippen LogP contribution in [0.15, 0.2) is 48.8 Å². The van der Waals surface area contributed by atoms with Crippen LogP contribution in [0.1, 0.15) is 6.42 Å². The minimum absolute atomic E-state index is 0.0349. The Morgan fingerprint density at radius 3 is 2.39 bits per heavy atom. The van der Waals surface area contributed by atoms with E-state index >= 15 is 0 Å². The summed E-state index contributed by atoms with van der Waals surface area (Å²) in [5.74, 6) is -0.336. The Bertz CT molecular complexity index is 463. The second-order valence-corrected chi connectivity index (χ2v) is 3.68. The van der Waals surface area contributed by atoms with Crippen molar-refractivity contribution < 1.29 is 9.90 Å². The Morgan fingerprint density at radius 2 is 1.78 bits per heavy atom. The summed E-state index contributed by atoms with van der Waals surface area (Å²) in [5.41, 5.74) is 0.880. The molecular weight excluding hydrogens is 230 g/mol. The van der Waals surface area contributed by atoms with Gasteiger partial charge in [-0.15, -0.1) is 0 Å². The second kappa shape index (κ2) is 5.77. The Morgan fingerprint density at radius 1 is 1.11 bits per heavy atom. The average molecular weight is 243 g/mol. The fourth-order valence-electron chi connectivity index (χ4n) is 1.59. The lowest BCUT2D eigenvalue weighted by Gasteiger charge is -2.21. The monoisotopic (exact) mass is 243 g/mol. The molecule has 0 amide bonds.